The summed E-state index contributed by atoms with van der Waals surface area (Å²) in [7, 11) is 11.3. The van der Waals surface area contributed by atoms with Gasteiger partial charge >= 0.3 is 6.18 Å². The van der Waals surface area contributed by atoms with E-state index in [1.807, 2.05) is 20.8 Å². The predicted molar refractivity (Wildman–Crippen MR) is 393 cm³/mol. The molecule has 588 valence electrons. The number of piperidine rings is 1. The number of halogens is 4. The standard InChI is InChI=1S/C77H115ClF3N13O12/c1-13-50(4)66-73(104)88(7)47-64(97)86(5)48-65(98)90(9)60(42-51-26-17-14-18-27-51)71(102)87(6)46-62(95)83-57(34-32-52-31-33-55(56(78)41-52)77(79,80)81)70(101)91(10)59(43-53-28-25-37-82-45-53)69(100)85-76(35-21-22-36-76)75(106)93(12)67(54-29-19-15-20-30-54)74(105)92(11)61(72(103)94-38-23-16-24-39-94)44-63(96)89(8)58(40-49(2)3)68(99)84-66/h25,28,31,33,37,41,45,49-51,54,57-61,66-67H,13-24,26-27,29-30,32,34-36,38-40,42-44,46-48H2,1-12H3,(H,83,95)(H,84,99)(H,85,100)/t50-,57-,58-,59-,60-,61-,66-,67-/m0/s1. The molecular weight excluding hydrogens is 1390 g/mol. The number of carbonyl (C=O) groups excluding carboxylic acids is 12. The number of carbonyl (C=O) groups is 12. The van der Waals surface area contributed by atoms with Crippen molar-refractivity contribution in [1.82, 2.24) is 65.0 Å². The molecule has 1 aromatic carbocycles. The number of hydrogen-bond donors (Lipinski definition) is 3. The van der Waals surface area contributed by atoms with Gasteiger partial charge in [-0.05, 0) is 124 Å². The molecule has 2 aromatic rings. The molecule has 2 aliphatic heterocycles. The second-order valence-corrected chi connectivity index (χ2v) is 31.4. The summed E-state index contributed by atoms with van der Waals surface area (Å²) in [5.41, 5.74) is -1.99. The highest BCUT2D eigenvalue weighted by Crippen LogP contribution is 2.38. The Kier molecular flexibility index (Phi) is 31.2. The van der Waals surface area contributed by atoms with Crippen molar-refractivity contribution >= 4 is 82.5 Å². The Morgan fingerprint density at radius 2 is 1.23 bits per heavy atom. The van der Waals surface area contributed by atoms with Crippen LogP contribution in [0, 0.1) is 23.7 Å². The van der Waals surface area contributed by atoms with E-state index >= 15 is 28.8 Å². The number of benzene rings is 1. The molecule has 1 spiro atoms. The van der Waals surface area contributed by atoms with E-state index in [0.29, 0.717) is 63.6 Å². The number of aromatic nitrogens is 1. The van der Waals surface area contributed by atoms with Crippen LogP contribution >= 0.6 is 11.6 Å². The number of rotatable bonds is 13. The summed E-state index contributed by atoms with van der Waals surface area (Å²) in [5, 5.41) is 8.18. The maximum Gasteiger partial charge on any atom is 0.417 e. The minimum Gasteiger partial charge on any atom is -0.343 e. The molecule has 0 unspecified atom stereocenters. The van der Waals surface area contributed by atoms with Gasteiger partial charge < -0.3 is 60.0 Å². The monoisotopic (exact) mass is 1510 g/mol. The number of alkyl halides is 3. The van der Waals surface area contributed by atoms with Gasteiger partial charge in [0.1, 0.15) is 47.8 Å². The molecule has 5 fully saturated rings. The van der Waals surface area contributed by atoms with E-state index < -0.39 is 173 Å². The van der Waals surface area contributed by atoms with Gasteiger partial charge in [0.2, 0.25) is 70.9 Å². The van der Waals surface area contributed by atoms with Gasteiger partial charge in [-0.3, -0.25) is 62.5 Å². The molecule has 106 heavy (non-hydrogen) atoms. The molecule has 0 bridgehead atoms. The Morgan fingerprint density at radius 1 is 0.623 bits per heavy atom. The Hall–Kier alpha value is -7.91. The molecule has 25 nitrogen and oxygen atoms in total. The fourth-order valence-corrected chi connectivity index (χ4v) is 16.2. The lowest BCUT2D eigenvalue weighted by atomic mass is 9.81. The number of likely N-dealkylation sites (tertiary alicyclic amines) is 1. The number of nitrogens with one attached hydrogen (secondary N) is 3. The second-order valence-electron chi connectivity index (χ2n) is 31.0. The first-order valence-corrected chi connectivity index (χ1v) is 38.5. The Morgan fingerprint density at radius 3 is 1.82 bits per heavy atom. The van der Waals surface area contributed by atoms with Crippen LogP contribution in [0.4, 0.5) is 13.2 Å². The first-order chi connectivity index (χ1) is 50.1. The van der Waals surface area contributed by atoms with E-state index in [4.69, 9.17) is 11.6 Å². The molecular formula is C77H115ClF3N13O12. The number of pyridine rings is 1. The Labute approximate surface area is 628 Å². The SMILES string of the molecule is CC[C@H](C)[C@@H]1NC(=O)[C@H](CC(C)C)N(C)C(=O)C[C@@H](C(=O)N2CCCCC2)N(C)C(=O)[C@H](C2CCCCC2)N(C)C(=O)C2(CCCC2)NC(=O)[C@H](Cc2cccnc2)N(C)C(=O)[C@H](CCc2ccc(C(F)(F)F)c(Cl)c2)NC(=O)CN(C)C(=O)[C@H](CC2CCCCC2)N(C)C(=O)CN(C)C(=O)CN(C)C1=O. The molecule has 3 heterocycles. The second kappa shape index (κ2) is 38.8. The van der Waals surface area contributed by atoms with Gasteiger partial charge in [0.15, 0.2) is 0 Å². The van der Waals surface area contributed by atoms with Gasteiger partial charge in [-0.2, -0.15) is 13.2 Å². The molecule has 3 aliphatic carbocycles. The normalized spacial score (nSPS) is 25.5. The van der Waals surface area contributed by atoms with Crippen LogP contribution in [0.25, 0.3) is 0 Å². The maximum atomic E-state index is 16.0. The molecule has 3 saturated carbocycles. The summed E-state index contributed by atoms with van der Waals surface area (Å²) in [6, 6.07) is -2.73. The smallest absolute Gasteiger partial charge is 0.343 e. The van der Waals surface area contributed by atoms with Crippen molar-refractivity contribution in [1.29, 1.82) is 0 Å². The van der Waals surface area contributed by atoms with Crippen LogP contribution < -0.4 is 16.0 Å². The van der Waals surface area contributed by atoms with Crippen LogP contribution in [0.15, 0.2) is 42.7 Å². The summed E-state index contributed by atoms with van der Waals surface area (Å²) in [5.74, 6) is -9.22. The van der Waals surface area contributed by atoms with Crippen molar-refractivity contribution in [3.63, 3.8) is 0 Å². The molecule has 2 saturated heterocycles. The van der Waals surface area contributed by atoms with E-state index in [0.717, 1.165) is 89.5 Å². The van der Waals surface area contributed by atoms with Crippen LogP contribution in [0.2, 0.25) is 5.02 Å². The number of likely N-dealkylation sites (N-methyl/N-ethyl adjacent to an activating group) is 8. The summed E-state index contributed by atoms with van der Waals surface area (Å²) < 4.78 is 42.0. The highest BCUT2D eigenvalue weighted by Gasteiger charge is 2.51. The van der Waals surface area contributed by atoms with E-state index in [9.17, 15) is 41.9 Å². The highest BCUT2D eigenvalue weighted by molar-refractivity contribution is 6.31. The van der Waals surface area contributed by atoms with Crippen LogP contribution in [0.1, 0.15) is 186 Å². The summed E-state index contributed by atoms with van der Waals surface area (Å²) in [6.45, 7) is 6.32. The lowest BCUT2D eigenvalue weighted by Gasteiger charge is -2.43. The lowest BCUT2D eigenvalue weighted by Crippen LogP contribution is -2.66. The van der Waals surface area contributed by atoms with E-state index in [2.05, 4.69) is 20.9 Å². The van der Waals surface area contributed by atoms with Crippen molar-refractivity contribution in [3.05, 3.63) is 64.4 Å². The van der Waals surface area contributed by atoms with E-state index in [1.165, 1.54) is 94.4 Å². The molecule has 12 amide bonds. The van der Waals surface area contributed by atoms with Gasteiger partial charge in [0.25, 0.3) is 0 Å². The Bertz CT molecular complexity index is 3420. The van der Waals surface area contributed by atoms with Crippen LogP contribution in [0.3, 0.4) is 0 Å². The van der Waals surface area contributed by atoms with Gasteiger partial charge in [-0.1, -0.05) is 122 Å². The van der Waals surface area contributed by atoms with Crippen LogP contribution in [-0.2, 0) is 76.6 Å². The van der Waals surface area contributed by atoms with Crippen molar-refractivity contribution in [2.45, 2.75) is 236 Å². The van der Waals surface area contributed by atoms with E-state index in [1.54, 1.807) is 24.0 Å². The Balaban J connectivity index is 1.34. The summed E-state index contributed by atoms with van der Waals surface area (Å²) in [6.07, 6.45) is 8.84. The fraction of sp³-hybridized carbons (Fsp3) is 0.701. The van der Waals surface area contributed by atoms with Gasteiger partial charge in [-0.25, -0.2) is 0 Å². The van der Waals surface area contributed by atoms with E-state index in [-0.39, 0.29) is 62.3 Å². The third-order valence-electron chi connectivity index (χ3n) is 22.8. The first-order valence-electron chi connectivity index (χ1n) is 38.1. The van der Waals surface area contributed by atoms with Gasteiger partial charge in [0, 0.05) is 88.3 Å². The molecule has 0 radical (unpaired) electrons. The summed E-state index contributed by atoms with van der Waals surface area (Å²) >= 11 is 6.21. The zero-order chi connectivity index (χ0) is 78.1. The predicted octanol–water partition coefficient (Wildman–Crippen LogP) is 6.90. The molecule has 8 atom stereocenters. The fourth-order valence-electron chi connectivity index (χ4n) is 15.9. The quantitative estimate of drug-likeness (QED) is 0.184. The van der Waals surface area contributed by atoms with Gasteiger partial charge in [0.05, 0.1) is 36.6 Å². The third kappa shape index (κ3) is 22.1. The van der Waals surface area contributed by atoms with Crippen LogP contribution in [-0.4, -0.2) is 257 Å². The zero-order valence-corrected chi connectivity index (χ0v) is 65.0. The lowest BCUT2D eigenvalue weighted by molar-refractivity contribution is -0.157. The average molecular weight is 1510 g/mol. The van der Waals surface area contributed by atoms with Crippen molar-refractivity contribution < 1.29 is 70.7 Å². The van der Waals surface area contributed by atoms with Crippen molar-refractivity contribution in [3.8, 4) is 0 Å². The number of amides is 12. The minimum atomic E-state index is -4.78. The highest BCUT2D eigenvalue weighted by atomic mass is 35.5. The van der Waals surface area contributed by atoms with Crippen molar-refractivity contribution in [2.24, 2.45) is 23.7 Å². The van der Waals surface area contributed by atoms with Crippen LogP contribution in [0.5, 0.6) is 0 Å². The first kappa shape index (κ1) is 85.3. The number of aryl methyl sites for hydroxylation is 1. The zero-order valence-electron chi connectivity index (χ0n) is 64.3. The topological polar surface area (TPSA) is 283 Å². The summed E-state index contributed by atoms with van der Waals surface area (Å²) in [4.78, 5) is 197. The molecule has 7 rings (SSSR count). The number of nitrogens with zero attached hydrogens (tertiary/aromatic N) is 10. The maximum absolute atomic E-state index is 16.0. The van der Waals surface area contributed by atoms with Crippen molar-refractivity contribution in [2.75, 3.05) is 89.1 Å². The largest absolute Gasteiger partial charge is 0.417 e. The molecule has 5 aliphatic rings. The van der Waals surface area contributed by atoms with Gasteiger partial charge in [-0.15, -0.1) is 0 Å². The average Bonchev–Trinajstić information content (AvgIpc) is 1.20. The number of hydrogen-bond acceptors (Lipinski definition) is 13. The molecule has 3 N–H and O–H groups in total. The molecule has 29 heteroatoms. The third-order valence-corrected chi connectivity index (χ3v) is 23.1. The molecule has 1 aromatic heterocycles. The minimum absolute atomic E-state index is 0.00168.